The van der Waals surface area contributed by atoms with Crippen LogP contribution in [-0.2, 0) is 0 Å². The van der Waals surface area contributed by atoms with Crippen molar-refractivity contribution >= 4 is 6.08 Å². The molecule has 0 aliphatic rings. The van der Waals surface area contributed by atoms with Crippen molar-refractivity contribution in [3.63, 3.8) is 0 Å². The van der Waals surface area contributed by atoms with E-state index in [2.05, 4.69) is 0 Å². The Morgan fingerprint density at radius 2 is 2.12 bits per heavy atom. The largest absolute Gasteiger partial charge is 0.493 e. The summed E-state index contributed by atoms with van der Waals surface area (Å²) in [5, 5.41) is 10.8. The van der Waals surface area contributed by atoms with Gasteiger partial charge in [-0.15, -0.1) is 0 Å². The molecule has 0 radical (unpaired) electrons. The second-order valence-corrected chi connectivity index (χ2v) is 3.33. The highest BCUT2D eigenvalue weighted by molar-refractivity contribution is 5.63. The first-order chi connectivity index (χ1) is 8.13. The second kappa shape index (κ2) is 5.89. The topological polar surface area (TPSA) is 61.6 Å². The maximum Gasteiger partial charge on any atom is 0.246 e. The third kappa shape index (κ3) is 2.96. The molecule has 0 N–H and O–H groups in total. The number of nitrogens with zero attached hydrogens (tertiary/aromatic N) is 1. The van der Waals surface area contributed by atoms with Gasteiger partial charge in [-0.25, -0.2) is 0 Å². The van der Waals surface area contributed by atoms with Crippen LogP contribution in [0.3, 0.4) is 0 Å². The summed E-state index contributed by atoms with van der Waals surface area (Å²) in [7, 11) is 3.03. The fourth-order valence-corrected chi connectivity index (χ4v) is 1.49. The van der Waals surface area contributed by atoms with E-state index in [1.54, 1.807) is 25.1 Å². The molecule has 0 saturated carbocycles. The van der Waals surface area contributed by atoms with Crippen LogP contribution in [0.15, 0.2) is 23.9 Å². The molecule has 5 heteroatoms. The first kappa shape index (κ1) is 13.0. The van der Waals surface area contributed by atoms with Crippen molar-refractivity contribution in [1.82, 2.24) is 0 Å². The Bertz CT molecular complexity index is 440. The van der Waals surface area contributed by atoms with Crippen molar-refractivity contribution in [3.8, 4) is 11.5 Å². The summed E-state index contributed by atoms with van der Waals surface area (Å²) in [6.07, 6.45) is 1.86. The van der Waals surface area contributed by atoms with Crippen LogP contribution in [0.1, 0.15) is 18.9 Å². The molecule has 92 valence electrons. The average molecular weight is 237 g/mol. The van der Waals surface area contributed by atoms with Gasteiger partial charge in [0, 0.05) is 18.1 Å². The number of hydrogen-bond donors (Lipinski definition) is 0. The zero-order valence-electron chi connectivity index (χ0n) is 10.1. The third-order valence-electron chi connectivity index (χ3n) is 2.35. The molecule has 1 aromatic carbocycles. The normalized spacial score (nSPS) is 11.1. The maximum absolute atomic E-state index is 10.8. The van der Waals surface area contributed by atoms with E-state index in [1.807, 2.05) is 0 Å². The molecule has 0 bridgehead atoms. The van der Waals surface area contributed by atoms with Crippen LogP contribution in [0.2, 0.25) is 0 Å². The first-order valence-electron chi connectivity index (χ1n) is 5.20. The van der Waals surface area contributed by atoms with Crippen LogP contribution in [0.25, 0.3) is 6.08 Å². The summed E-state index contributed by atoms with van der Waals surface area (Å²) in [6, 6.07) is 5.26. The SMILES string of the molecule is CC/C(=C/c1cccc(OC)c1OC)[N+](=O)[O-]. The minimum absolute atomic E-state index is 0.136. The minimum Gasteiger partial charge on any atom is -0.493 e. The molecular formula is C12H15NO4. The summed E-state index contributed by atoms with van der Waals surface area (Å²) < 4.78 is 10.3. The van der Waals surface area contributed by atoms with Crippen LogP contribution >= 0.6 is 0 Å². The number of ether oxygens (including phenoxy) is 2. The predicted octanol–water partition coefficient (Wildman–Crippen LogP) is 2.73. The van der Waals surface area contributed by atoms with Crippen LogP contribution in [0.4, 0.5) is 0 Å². The van der Waals surface area contributed by atoms with Crippen molar-refractivity contribution in [2.75, 3.05) is 14.2 Å². The molecule has 0 saturated heterocycles. The molecule has 0 spiro atoms. The monoisotopic (exact) mass is 237 g/mol. The van der Waals surface area contributed by atoms with Gasteiger partial charge < -0.3 is 9.47 Å². The molecule has 5 nitrogen and oxygen atoms in total. The molecule has 1 rings (SSSR count). The highest BCUT2D eigenvalue weighted by atomic mass is 16.6. The molecule has 0 heterocycles. The van der Waals surface area contributed by atoms with Gasteiger partial charge in [-0.2, -0.15) is 0 Å². The molecule has 0 aliphatic carbocycles. The first-order valence-corrected chi connectivity index (χ1v) is 5.20. The Balaban J connectivity index is 3.26. The van der Waals surface area contributed by atoms with Gasteiger partial charge in [-0.05, 0) is 6.07 Å². The molecule has 0 aromatic heterocycles. The molecule has 0 aliphatic heterocycles. The van der Waals surface area contributed by atoms with E-state index in [9.17, 15) is 10.1 Å². The van der Waals surface area contributed by atoms with E-state index in [0.717, 1.165) is 0 Å². The minimum atomic E-state index is -0.390. The van der Waals surface area contributed by atoms with Crippen LogP contribution in [0.5, 0.6) is 11.5 Å². The summed E-state index contributed by atoms with van der Waals surface area (Å²) in [5.74, 6) is 1.06. The van der Waals surface area contributed by atoms with Crippen LogP contribution < -0.4 is 9.47 Å². The van der Waals surface area contributed by atoms with E-state index >= 15 is 0 Å². The summed E-state index contributed by atoms with van der Waals surface area (Å²) in [5.41, 5.74) is 0.775. The van der Waals surface area contributed by atoms with E-state index in [0.29, 0.717) is 23.5 Å². The maximum atomic E-state index is 10.8. The van der Waals surface area contributed by atoms with Gasteiger partial charge in [-0.3, -0.25) is 10.1 Å². The van der Waals surface area contributed by atoms with Gasteiger partial charge in [0.25, 0.3) is 0 Å². The Morgan fingerprint density at radius 3 is 2.59 bits per heavy atom. The predicted molar refractivity (Wildman–Crippen MR) is 64.8 cm³/mol. The van der Waals surface area contributed by atoms with E-state index < -0.39 is 0 Å². The molecule has 0 unspecified atom stereocenters. The van der Waals surface area contributed by atoms with Crippen molar-refractivity contribution in [3.05, 3.63) is 39.6 Å². The smallest absolute Gasteiger partial charge is 0.246 e. The number of benzene rings is 1. The number of allylic oxidation sites excluding steroid dienone is 1. The molecule has 0 fully saturated rings. The number of methoxy groups -OCH3 is 2. The van der Waals surface area contributed by atoms with Crippen molar-refractivity contribution in [2.45, 2.75) is 13.3 Å². The lowest BCUT2D eigenvalue weighted by Gasteiger charge is -2.09. The molecular weight excluding hydrogens is 222 g/mol. The van der Waals surface area contributed by atoms with Gasteiger partial charge in [0.05, 0.1) is 19.1 Å². The summed E-state index contributed by atoms with van der Waals surface area (Å²) in [4.78, 5) is 10.4. The summed E-state index contributed by atoms with van der Waals surface area (Å²) in [6.45, 7) is 1.74. The average Bonchev–Trinajstić information content (AvgIpc) is 2.34. The molecule has 1 aromatic rings. The highest BCUT2D eigenvalue weighted by Gasteiger charge is 2.12. The highest BCUT2D eigenvalue weighted by Crippen LogP contribution is 2.32. The molecule has 17 heavy (non-hydrogen) atoms. The van der Waals surface area contributed by atoms with E-state index in [1.165, 1.54) is 20.3 Å². The standard InChI is InChI=1S/C12H15NO4/c1-4-10(13(14)15)8-9-6-5-7-11(16-2)12(9)17-3/h5-8H,4H2,1-3H3/b10-8-. The van der Waals surface area contributed by atoms with E-state index in [4.69, 9.17) is 9.47 Å². The fraction of sp³-hybridized carbons (Fsp3) is 0.333. The summed E-state index contributed by atoms with van der Waals surface area (Å²) >= 11 is 0. The van der Waals surface area contributed by atoms with E-state index in [-0.39, 0.29) is 10.6 Å². The zero-order chi connectivity index (χ0) is 12.8. The Kier molecular flexibility index (Phi) is 4.51. The molecule has 0 atom stereocenters. The number of rotatable bonds is 5. The van der Waals surface area contributed by atoms with Crippen molar-refractivity contribution in [1.29, 1.82) is 0 Å². The van der Waals surface area contributed by atoms with Crippen LogP contribution in [-0.4, -0.2) is 19.1 Å². The van der Waals surface area contributed by atoms with Gasteiger partial charge in [0.2, 0.25) is 5.70 Å². The van der Waals surface area contributed by atoms with Gasteiger partial charge in [0.1, 0.15) is 0 Å². The fourth-order valence-electron chi connectivity index (χ4n) is 1.49. The second-order valence-electron chi connectivity index (χ2n) is 3.33. The van der Waals surface area contributed by atoms with Gasteiger partial charge in [0.15, 0.2) is 11.5 Å². The van der Waals surface area contributed by atoms with Crippen LogP contribution in [0, 0.1) is 10.1 Å². The lowest BCUT2D eigenvalue weighted by Crippen LogP contribution is -1.98. The lowest BCUT2D eigenvalue weighted by molar-refractivity contribution is -0.425. The number of hydrogen-bond acceptors (Lipinski definition) is 4. The Hall–Kier alpha value is -2.04. The Labute approximate surface area is 99.8 Å². The number of para-hydroxylation sites is 1. The van der Waals surface area contributed by atoms with Gasteiger partial charge in [-0.1, -0.05) is 19.1 Å². The third-order valence-corrected chi connectivity index (χ3v) is 2.35. The molecule has 0 amide bonds. The van der Waals surface area contributed by atoms with Crippen molar-refractivity contribution < 1.29 is 14.4 Å². The lowest BCUT2D eigenvalue weighted by atomic mass is 10.1. The quantitative estimate of drug-likeness (QED) is 0.583. The zero-order valence-corrected chi connectivity index (χ0v) is 10.1. The van der Waals surface area contributed by atoms with Gasteiger partial charge >= 0.3 is 0 Å². The number of nitro groups is 1. The van der Waals surface area contributed by atoms with Crippen molar-refractivity contribution in [2.24, 2.45) is 0 Å². The Morgan fingerprint density at radius 1 is 1.41 bits per heavy atom.